The molecular weight excluding hydrogens is 288 g/mol. The topological polar surface area (TPSA) is 78.1 Å². The second kappa shape index (κ2) is 6.13. The Balaban J connectivity index is 2.31. The summed E-state index contributed by atoms with van der Waals surface area (Å²) >= 11 is 0. The lowest BCUT2D eigenvalue weighted by molar-refractivity contribution is 0.455. The summed E-state index contributed by atoms with van der Waals surface area (Å²) in [6.07, 6.45) is 0.621. The van der Waals surface area contributed by atoms with Crippen LogP contribution in [-0.2, 0) is 10.2 Å². The van der Waals surface area contributed by atoms with Gasteiger partial charge in [-0.2, -0.15) is 17.4 Å². The van der Waals surface area contributed by atoms with Crippen molar-refractivity contribution in [3.63, 3.8) is 0 Å². The van der Waals surface area contributed by atoms with Crippen LogP contribution < -0.4 is 4.72 Å². The molecule has 2 aromatic rings. The lowest BCUT2D eigenvalue weighted by atomic mass is 10.2. The maximum atomic E-state index is 12.1. The normalized spacial score (nSPS) is 14.0. The van der Waals surface area contributed by atoms with Crippen molar-refractivity contribution in [2.75, 3.05) is 13.6 Å². The summed E-state index contributed by atoms with van der Waals surface area (Å²) < 4.78 is 28.3. The highest BCUT2D eigenvalue weighted by Gasteiger charge is 2.23. The van der Waals surface area contributed by atoms with E-state index >= 15 is 0 Å². The van der Waals surface area contributed by atoms with E-state index in [2.05, 4.69) is 14.7 Å². The average molecular weight is 310 g/mol. The van der Waals surface area contributed by atoms with Gasteiger partial charge in [-0.05, 0) is 31.0 Å². The van der Waals surface area contributed by atoms with Crippen molar-refractivity contribution in [1.82, 2.24) is 19.0 Å². The van der Waals surface area contributed by atoms with Crippen LogP contribution in [0.2, 0.25) is 0 Å². The minimum Gasteiger partial charge on any atom is -0.341 e. The summed E-state index contributed by atoms with van der Waals surface area (Å²) in [6, 6.07) is 5.56. The van der Waals surface area contributed by atoms with Crippen LogP contribution >= 0.6 is 0 Å². The third-order valence-electron chi connectivity index (χ3n) is 3.54. The smallest absolute Gasteiger partial charge is 0.279 e. The zero-order valence-electron chi connectivity index (χ0n) is 12.8. The molecule has 0 saturated heterocycles. The van der Waals surface area contributed by atoms with Gasteiger partial charge in [0, 0.05) is 13.6 Å². The number of imidazole rings is 1. The number of aromatic amines is 1. The SMILES string of the molecule is CCC(NS(=O)(=O)N(C)CC)c1nc2ccc(C)cc2[nH]1. The maximum Gasteiger partial charge on any atom is 0.279 e. The van der Waals surface area contributed by atoms with Crippen molar-refractivity contribution in [2.24, 2.45) is 0 Å². The van der Waals surface area contributed by atoms with Gasteiger partial charge in [-0.1, -0.05) is 19.9 Å². The Morgan fingerprint density at radius 2 is 2.10 bits per heavy atom. The third kappa shape index (κ3) is 3.42. The van der Waals surface area contributed by atoms with Gasteiger partial charge < -0.3 is 4.98 Å². The van der Waals surface area contributed by atoms with E-state index < -0.39 is 10.2 Å². The molecule has 1 heterocycles. The summed E-state index contributed by atoms with van der Waals surface area (Å²) in [5.74, 6) is 0.645. The summed E-state index contributed by atoms with van der Waals surface area (Å²) in [5.41, 5.74) is 2.90. The highest BCUT2D eigenvalue weighted by molar-refractivity contribution is 7.87. The molecule has 1 atom stereocenters. The number of benzene rings is 1. The maximum absolute atomic E-state index is 12.1. The molecule has 0 saturated carbocycles. The monoisotopic (exact) mass is 310 g/mol. The van der Waals surface area contributed by atoms with Crippen LogP contribution in [0.5, 0.6) is 0 Å². The highest BCUT2D eigenvalue weighted by Crippen LogP contribution is 2.20. The number of nitrogens with one attached hydrogen (secondary N) is 2. The fraction of sp³-hybridized carbons (Fsp3) is 0.500. The standard InChI is InChI=1S/C14H22N4O2S/c1-5-11(17-21(19,20)18(4)6-2)14-15-12-8-7-10(3)9-13(12)16-14/h7-9,11,17H,5-6H2,1-4H3,(H,15,16). The molecule has 0 aliphatic carbocycles. The van der Waals surface area contributed by atoms with Crippen LogP contribution in [0.15, 0.2) is 18.2 Å². The molecule has 1 aromatic heterocycles. The van der Waals surface area contributed by atoms with E-state index in [-0.39, 0.29) is 6.04 Å². The number of hydrogen-bond acceptors (Lipinski definition) is 3. The van der Waals surface area contributed by atoms with Gasteiger partial charge in [0.25, 0.3) is 10.2 Å². The highest BCUT2D eigenvalue weighted by atomic mass is 32.2. The summed E-state index contributed by atoms with van der Waals surface area (Å²) in [4.78, 5) is 7.70. The second-order valence-electron chi connectivity index (χ2n) is 5.14. The Kier molecular flexibility index (Phi) is 4.65. The second-order valence-corrected chi connectivity index (χ2v) is 6.95. The van der Waals surface area contributed by atoms with Crippen molar-refractivity contribution in [3.8, 4) is 0 Å². The average Bonchev–Trinajstić information content (AvgIpc) is 2.86. The Labute approximate surface area is 125 Å². The molecule has 2 rings (SSSR count). The van der Waals surface area contributed by atoms with Gasteiger partial charge in [0.2, 0.25) is 0 Å². The van der Waals surface area contributed by atoms with Gasteiger partial charge in [-0.3, -0.25) is 0 Å². The Morgan fingerprint density at radius 3 is 2.71 bits per heavy atom. The van der Waals surface area contributed by atoms with E-state index in [1.165, 1.54) is 4.31 Å². The molecule has 0 aliphatic rings. The molecule has 0 bridgehead atoms. The Morgan fingerprint density at radius 1 is 1.38 bits per heavy atom. The number of rotatable bonds is 6. The number of fused-ring (bicyclic) bond motifs is 1. The van der Waals surface area contributed by atoms with Gasteiger partial charge in [0.1, 0.15) is 5.82 Å². The molecule has 0 radical (unpaired) electrons. The lowest BCUT2D eigenvalue weighted by Gasteiger charge is -2.20. The Hall–Kier alpha value is -1.44. The first-order valence-corrected chi connectivity index (χ1v) is 8.51. The first-order valence-electron chi connectivity index (χ1n) is 7.07. The van der Waals surface area contributed by atoms with Gasteiger partial charge in [-0.15, -0.1) is 0 Å². The molecule has 0 aliphatic heterocycles. The van der Waals surface area contributed by atoms with E-state index in [0.29, 0.717) is 18.8 Å². The van der Waals surface area contributed by atoms with Crippen LogP contribution in [0.25, 0.3) is 11.0 Å². The molecule has 7 heteroatoms. The molecule has 1 aromatic carbocycles. The number of aromatic nitrogens is 2. The summed E-state index contributed by atoms with van der Waals surface area (Å²) in [5, 5.41) is 0. The quantitative estimate of drug-likeness (QED) is 0.857. The molecule has 1 unspecified atom stereocenters. The molecule has 0 spiro atoms. The number of nitrogens with zero attached hydrogens (tertiary/aromatic N) is 2. The fourth-order valence-electron chi connectivity index (χ4n) is 2.08. The van der Waals surface area contributed by atoms with Gasteiger partial charge in [0.05, 0.1) is 17.1 Å². The molecule has 2 N–H and O–H groups in total. The van der Waals surface area contributed by atoms with Crippen molar-refractivity contribution in [2.45, 2.75) is 33.2 Å². The first kappa shape index (κ1) is 15.9. The van der Waals surface area contributed by atoms with E-state index in [1.807, 2.05) is 32.0 Å². The third-order valence-corrected chi connectivity index (χ3v) is 5.20. The largest absolute Gasteiger partial charge is 0.341 e. The summed E-state index contributed by atoms with van der Waals surface area (Å²) in [7, 11) is -1.94. The van der Waals surface area contributed by atoms with Crippen LogP contribution in [0.4, 0.5) is 0 Å². The molecule has 0 fully saturated rings. The van der Waals surface area contributed by atoms with Crippen LogP contribution in [0.1, 0.15) is 37.7 Å². The number of aryl methyl sites for hydroxylation is 1. The van der Waals surface area contributed by atoms with E-state index in [9.17, 15) is 8.42 Å². The molecule has 0 amide bonds. The van der Waals surface area contributed by atoms with E-state index in [1.54, 1.807) is 14.0 Å². The first-order chi connectivity index (χ1) is 9.87. The van der Waals surface area contributed by atoms with Crippen LogP contribution in [0.3, 0.4) is 0 Å². The number of hydrogen-bond donors (Lipinski definition) is 2. The van der Waals surface area contributed by atoms with Gasteiger partial charge in [-0.25, -0.2) is 4.98 Å². The number of H-pyrrole nitrogens is 1. The van der Waals surface area contributed by atoms with Crippen LogP contribution in [0, 0.1) is 6.92 Å². The van der Waals surface area contributed by atoms with Crippen molar-refractivity contribution < 1.29 is 8.42 Å². The van der Waals surface area contributed by atoms with Gasteiger partial charge in [0.15, 0.2) is 0 Å². The zero-order valence-corrected chi connectivity index (χ0v) is 13.7. The van der Waals surface area contributed by atoms with Gasteiger partial charge >= 0.3 is 0 Å². The van der Waals surface area contributed by atoms with Crippen molar-refractivity contribution >= 4 is 21.2 Å². The van der Waals surface area contributed by atoms with E-state index in [0.717, 1.165) is 16.6 Å². The molecule has 116 valence electrons. The molecule has 21 heavy (non-hydrogen) atoms. The Bertz CT molecular complexity index is 724. The zero-order chi connectivity index (χ0) is 15.6. The molecular formula is C14H22N4O2S. The predicted octanol–water partition coefficient (Wildman–Crippen LogP) is 2.11. The van der Waals surface area contributed by atoms with Crippen molar-refractivity contribution in [3.05, 3.63) is 29.6 Å². The predicted molar refractivity (Wildman–Crippen MR) is 84.2 cm³/mol. The van der Waals surface area contributed by atoms with Crippen molar-refractivity contribution in [1.29, 1.82) is 0 Å². The summed E-state index contributed by atoms with van der Waals surface area (Å²) in [6.45, 7) is 6.16. The minimum absolute atomic E-state index is 0.364. The van der Waals surface area contributed by atoms with Crippen LogP contribution in [-0.4, -0.2) is 36.3 Å². The molecule has 6 nitrogen and oxygen atoms in total. The minimum atomic E-state index is -3.49. The van der Waals surface area contributed by atoms with E-state index in [4.69, 9.17) is 0 Å². The lowest BCUT2D eigenvalue weighted by Crippen LogP contribution is -2.40. The fourth-order valence-corrected chi connectivity index (χ4v) is 3.24.